The standard InChI is InChI=1S/C24H27ClN2O8S/c1-24(2,3)35-23(33)27-9-7-13(8-10-27)21(30)26-15-6-4-5-14(11-15)19-17(25)18(34-12-16(28)29)20(36-19)22(31)32/h4-6,11,13H,7-10,12H2,1-3H3,(H,26,30)(H,28,29)(H,31,32). The number of carboxylic acids is 2. The SMILES string of the molecule is CC(C)(C)OC(=O)N1CCC(C(=O)Nc2cccc(-c3sc(C(=O)O)c(OCC(=O)O)c3Cl)c2)CC1. The van der Waals surface area contributed by atoms with Crippen LogP contribution >= 0.6 is 22.9 Å². The number of piperidine rings is 1. The predicted octanol–water partition coefficient (Wildman–Crippen LogP) is 4.82. The molecule has 2 amide bonds. The number of carboxylic acid groups (broad SMARTS) is 2. The van der Waals surface area contributed by atoms with Crippen LogP contribution < -0.4 is 10.1 Å². The second-order valence-electron chi connectivity index (χ2n) is 9.20. The van der Waals surface area contributed by atoms with Crippen LogP contribution in [0.25, 0.3) is 10.4 Å². The number of rotatable bonds is 7. The molecular weight excluding hydrogens is 512 g/mol. The van der Waals surface area contributed by atoms with E-state index in [1.54, 1.807) is 49.9 Å². The third-order valence-corrected chi connectivity index (χ3v) is 6.93. The largest absolute Gasteiger partial charge is 0.479 e. The first-order valence-corrected chi connectivity index (χ1v) is 12.3. The number of carbonyl (C=O) groups excluding carboxylic acids is 2. The van der Waals surface area contributed by atoms with Gasteiger partial charge in [0, 0.05) is 24.7 Å². The Labute approximate surface area is 216 Å². The number of anilines is 1. The second kappa shape index (κ2) is 11.2. The molecule has 1 saturated heterocycles. The number of carbonyl (C=O) groups is 4. The molecule has 10 nitrogen and oxygen atoms in total. The molecule has 0 unspecified atom stereocenters. The van der Waals surface area contributed by atoms with Crippen molar-refractivity contribution >= 4 is 52.6 Å². The van der Waals surface area contributed by atoms with Gasteiger partial charge in [-0.05, 0) is 51.3 Å². The first-order valence-electron chi connectivity index (χ1n) is 11.1. The van der Waals surface area contributed by atoms with Gasteiger partial charge >= 0.3 is 18.0 Å². The summed E-state index contributed by atoms with van der Waals surface area (Å²) >= 11 is 7.20. The summed E-state index contributed by atoms with van der Waals surface area (Å²) in [5.41, 5.74) is 0.438. The number of ether oxygens (including phenoxy) is 2. The number of thiophene rings is 1. The monoisotopic (exact) mass is 538 g/mol. The summed E-state index contributed by atoms with van der Waals surface area (Å²) in [6.45, 7) is 5.49. The van der Waals surface area contributed by atoms with Crippen molar-refractivity contribution in [2.45, 2.75) is 39.2 Å². The van der Waals surface area contributed by atoms with Gasteiger partial charge in [-0.2, -0.15) is 0 Å². The van der Waals surface area contributed by atoms with E-state index in [2.05, 4.69) is 5.32 Å². The van der Waals surface area contributed by atoms with Gasteiger partial charge in [-0.25, -0.2) is 14.4 Å². The summed E-state index contributed by atoms with van der Waals surface area (Å²) in [6.07, 6.45) is 0.593. The van der Waals surface area contributed by atoms with Crippen LogP contribution in [0.5, 0.6) is 5.75 Å². The first-order chi connectivity index (χ1) is 16.9. The van der Waals surface area contributed by atoms with Crippen LogP contribution in [0.15, 0.2) is 24.3 Å². The predicted molar refractivity (Wildman–Crippen MR) is 134 cm³/mol. The van der Waals surface area contributed by atoms with E-state index in [0.29, 0.717) is 42.1 Å². The Morgan fingerprint density at radius 3 is 2.42 bits per heavy atom. The zero-order chi connectivity index (χ0) is 26.6. The average Bonchev–Trinajstić information content (AvgIpc) is 3.13. The number of halogens is 1. The molecule has 12 heteroatoms. The number of aliphatic carboxylic acids is 1. The molecule has 1 fully saturated rings. The molecule has 3 rings (SSSR count). The Balaban J connectivity index is 1.69. The number of nitrogens with zero attached hydrogens (tertiary/aromatic N) is 1. The summed E-state index contributed by atoms with van der Waals surface area (Å²) < 4.78 is 10.5. The van der Waals surface area contributed by atoms with Crippen LogP contribution in [0.4, 0.5) is 10.5 Å². The molecule has 2 heterocycles. The van der Waals surface area contributed by atoms with Crippen molar-refractivity contribution in [3.05, 3.63) is 34.2 Å². The molecule has 36 heavy (non-hydrogen) atoms. The summed E-state index contributed by atoms with van der Waals surface area (Å²) in [7, 11) is 0. The Morgan fingerprint density at radius 1 is 1.17 bits per heavy atom. The highest BCUT2D eigenvalue weighted by molar-refractivity contribution is 7.18. The maximum Gasteiger partial charge on any atom is 0.410 e. The molecule has 0 radical (unpaired) electrons. The third kappa shape index (κ3) is 6.88. The molecule has 3 N–H and O–H groups in total. The quantitative estimate of drug-likeness (QED) is 0.455. The van der Waals surface area contributed by atoms with Gasteiger partial charge in [0.15, 0.2) is 17.2 Å². The maximum absolute atomic E-state index is 12.9. The van der Waals surface area contributed by atoms with Crippen LogP contribution in [-0.4, -0.2) is 64.3 Å². The van der Waals surface area contributed by atoms with Crippen molar-refractivity contribution in [3.63, 3.8) is 0 Å². The molecule has 0 aliphatic carbocycles. The van der Waals surface area contributed by atoms with Crippen LogP contribution in [0.3, 0.4) is 0 Å². The highest BCUT2D eigenvalue weighted by atomic mass is 35.5. The highest BCUT2D eigenvalue weighted by Crippen LogP contribution is 2.46. The van der Waals surface area contributed by atoms with Gasteiger partial charge in [0.1, 0.15) is 10.6 Å². The minimum atomic E-state index is -1.30. The van der Waals surface area contributed by atoms with Crippen molar-refractivity contribution in [3.8, 4) is 16.2 Å². The smallest absolute Gasteiger partial charge is 0.410 e. The van der Waals surface area contributed by atoms with Crippen molar-refractivity contribution < 1.29 is 38.9 Å². The third-order valence-electron chi connectivity index (χ3n) is 5.25. The normalized spacial score (nSPS) is 14.3. The van der Waals surface area contributed by atoms with Gasteiger partial charge in [0.25, 0.3) is 0 Å². The molecule has 1 aromatic heterocycles. The number of hydrogen-bond acceptors (Lipinski definition) is 7. The van der Waals surface area contributed by atoms with Crippen molar-refractivity contribution in [2.24, 2.45) is 5.92 Å². The fourth-order valence-corrected chi connectivity index (χ4v) is 5.02. The Bertz CT molecular complexity index is 1170. The summed E-state index contributed by atoms with van der Waals surface area (Å²) in [6, 6.07) is 6.72. The lowest BCUT2D eigenvalue weighted by Gasteiger charge is -2.32. The fraction of sp³-hybridized carbons (Fsp3) is 0.417. The van der Waals surface area contributed by atoms with Crippen LogP contribution in [-0.2, 0) is 14.3 Å². The van der Waals surface area contributed by atoms with E-state index >= 15 is 0 Å². The molecule has 0 bridgehead atoms. The average molecular weight is 539 g/mol. The number of aromatic carboxylic acids is 1. The minimum Gasteiger partial charge on any atom is -0.479 e. The Morgan fingerprint density at radius 2 is 1.83 bits per heavy atom. The van der Waals surface area contributed by atoms with Crippen molar-refractivity contribution in [1.29, 1.82) is 0 Å². The van der Waals surface area contributed by atoms with Gasteiger partial charge in [-0.15, -0.1) is 11.3 Å². The molecule has 0 saturated carbocycles. The van der Waals surface area contributed by atoms with Crippen LogP contribution in [0.1, 0.15) is 43.3 Å². The molecule has 1 aliphatic rings. The number of hydrogen-bond donors (Lipinski definition) is 3. The molecule has 1 aromatic carbocycles. The van der Waals surface area contributed by atoms with Gasteiger partial charge < -0.3 is 29.9 Å². The lowest BCUT2D eigenvalue weighted by molar-refractivity contribution is -0.139. The fourth-order valence-electron chi connectivity index (χ4n) is 3.62. The zero-order valence-electron chi connectivity index (χ0n) is 20.0. The van der Waals surface area contributed by atoms with Crippen LogP contribution in [0.2, 0.25) is 5.02 Å². The molecule has 1 aliphatic heterocycles. The molecule has 2 aromatic rings. The topological polar surface area (TPSA) is 142 Å². The molecule has 0 spiro atoms. The van der Waals surface area contributed by atoms with E-state index in [4.69, 9.17) is 26.2 Å². The molecule has 194 valence electrons. The Hall–Kier alpha value is -3.31. The van der Waals surface area contributed by atoms with Crippen LogP contribution in [0, 0.1) is 5.92 Å². The van der Waals surface area contributed by atoms with Gasteiger partial charge in [0.05, 0.1) is 4.88 Å². The number of nitrogens with one attached hydrogen (secondary N) is 1. The van der Waals surface area contributed by atoms with Gasteiger partial charge in [-0.3, -0.25) is 4.79 Å². The Kier molecular flexibility index (Phi) is 8.47. The lowest BCUT2D eigenvalue weighted by Crippen LogP contribution is -2.43. The summed E-state index contributed by atoms with van der Waals surface area (Å²) in [4.78, 5) is 49.3. The highest BCUT2D eigenvalue weighted by Gasteiger charge is 2.30. The number of likely N-dealkylation sites (tertiary alicyclic amines) is 1. The van der Waals surface area contributed by atoms with E-state index < -0.39 is 30.2 Å². The van der Waals surface area contributed by atoms with E-state index in [-0.39, 0.29) is 27.5 Å². The van der Waals surface area contributed by atoms with Gasteiger partial charge in [0.2, 0.25) is 5.91 Å². The van der Waals surface area contributed by atoms with E-state index in [1.165, 1.54) is 0 Å². The van der Waals surface area contributed by atoms with Gasteiger partial charge in [-0.1, -0.05) is 23.7 Å². The number of benzene rings is 1. The van der Waals surface area contributed by atoms with E-state index in [0.717, 1.165) is 11.3 Å². The second-order valence-corrected chi connectivity index (χ2v) is 10.6. The van der Waals surface area contributed by atoms with E-state index in [1.807, 2.05) is 0 Å². The zero-order valence-corrected chi connectivity index (χ0v) is 21.6. The minimum absolute atomic E-state index is 0.0170. The summed E-state index contributed by atoms with van der Waals surface area (Å²) in [5.74, 6) is -3.25. The number of amides is 2. The first kappa shape index (κ1) is 27.3. The van der Waals surface area contributed by atoms with Crippen molar-refractivity contribution in [1.82, 2.24) is 4.90 Å². The maximum atomic E-state index is 12.9. The molecule has 0 atom stereocenters. The van der Waals surface area contributed by atoms with E-state index in [9.17, 15) is 24.3 Å². The summed E-state index contributed by atoms with van der Waals surface area (Å²) in [5, 5.41) is 21.2. The molecular formula is C24H27ClN2O8S. The lowest BCUT2D eigenvalue weighted by atomic mass is 9.96. The van der Waals surface area contributed by atoms with Crippen molar-refractivity contribution in [2.75, 3.05) is 25.0 Å².